The van der Waals surface area contributed by atoms with E-state index in [0.29, 0.717) is 0 Å². The third-order valence-corrected chi connectivity index (χ3v) is 4.47. The molecule has 0 heterocycles. The van der Waals surface area contributed by atoms with Crippen molar-refractivity contribution in [2.75, 3.05) is 0 Å². The van der Waals surface area contributed by atoms with Gasteiger partial charge in [0.1, 0.15) is 4.74 Å². The first-order valence-corrected chi connectivity index (χ1v) is 8.74. The number of aryl methyl sites for hydroxylation is 1. The third-order valence-electron chi connectivity index (χ3n) is 1.79. The van der Waals surface area contributed by atoms with Crippen molar-refractivity contribution in [1.29, 1.82) is 0 Å². The van der Waals surface area contributed by atoms with Gasteiger partial charge < -0.3 is 0 Å². The molecule has 4 heteroatoms. The predicted molar refractivity (Wildman–Crippen MR) is 66.1 cm³/mol. The summed E-state index contributed by atoms with van der Waals surface area (Å²) in [5.41, 5.74) is 1.19. The summed E-state index contributed by atoms with van der Waals surface area (Å²) >= 11 is 17.1. The number of hydrogen-bond donors (Lipinski definition) is 0. The van der Waals surface area contributed by atoms with Crippen molar-refractivity contribution in [1.82, 2.24) is 0 Å². The Hall–Kier alpha value is 0.450. The van der Waals surface area contributed by atoms with Crippen molar-refractivity contribution >= 4 is 44.3 Å². The highest BCUT2D eigenvalue weighted by Gasteiger charge is 2.15. The van der Waals surface area contributed by atoms with Gasteiger partial charge in [-0.2, -0.15) is 0 Å². The quantitative estimate of drug-likeness (QED) is 0.732. The summed E-state index contributed by atoms with van der Waals surface area (Å²) in [6.45, 7) is 2.13. The van der Waals surface area contributed by atoms with Crippen LogP contribution in [-0.4, -0.2) is 0 Å². The molecule has 0 amide bonds. The molecule has 0 aliphatic rings. The van der Waals surface area contributed by atoms with Gasteiger partial charge in [0.05, 0.1) is 0 Å². The van der Waals surface area contributed by atoms with Crippen LogP contribution in [0.2, 0.25) is 0 Å². The van der Waals surface area contributed by atoms with Crippen molar-refractivity contribution in [2.45, 2.75) is 19.8 Å². The Morgan fingerprint density at radius 2 is 1.92 bits per heavy atom. The molecule has 0 aromatic heterocycles. The van der Waals surface area contributed by atoms with Crippen molar-refractivity contribution in [2.24, 2.45) is 0 Å². The van der Waals surface area contributed by atoms with Crippen molar-refractivity contribution in [3.8, 4) is 0 Å². The van der Waals surface area contributed by atoms with Gasteiger partial charge in [0, 0.05) is 5.30 Å². The molecule has 0 aliphatic heterocycles. The zero-order chi connectivity index (χ0) is 9.90. The molecule has 0 saturated carbocycles. The smallest absolute Gasteiger partial charge is 0.0651 e. The van der Waals surface area contributed by atoms with E-state index in [0.717, 1.165) is 18.1 Å². The van der Waals surface area contributed by atoms with E-state index in [1.54, 1.807) is 0 Å². The van der Waals surface area contributed by atoms with E-state index in [-0.39, 0.29) is 0 Å². The van der Waals surface area contributed by atoms with E-state index >= 15 is 0 Å². The van der Waals surface area contributed by atoms with E-state index < -0.39 is 4.74 Å². The van der Waals surface area contributed by atoms with Gasteiger partial charge in [-0.15, -0.1) is 0 Å². The summed E-state index contributed by atoms with van der Waals surface area (Å²) in [6, 6.07) is 7.91. The van der Waals surface area contributed by atoms with E-state index in [4.69, 9.17) is 34.3 Å². The lowest BCUT2D eigenvalue weighted by molar-refractivity contribution is 0.927. The van der Waals surface area contributed by atoms with Gasteiger partial charge in [0.15, 0.2) is 0 Å². The maximum atomic E-state index is 5.99. The third kappa shape index (κ3) is 3.25. The topological polar surface area (TPSA) is 0 Å². The molecule has 0 bridgehead atoms. The van der Waals surface area contributed by atoms with Crippen LogP contribution in [0.4, 0.5) is 0 Å². The van der Waals surface area contributed by atoms with Crippen LogP contribution in [0.15, 0.2) is 24.3 Å². The van der Waals surface area contributed by atoms with Gasteiger partial charge in [-0.1, -0.05) is 71.9 Å². The van der Waals surface area contributed by atoms with Crippen LogP contribution in [0, 0.1) is 0 Å². The fourth-order valence-electron chi connectivity index (χ4n) is 1.25. The normalized spacial score (nSPS) is 11.6. The van der Waals surface area contributed by atoms with Crippen molar-refractivity contribution in [3.05, 3.63) is 29.8 Å². The number of halogens is 2. The largest absolute Gasteiger partial charge is 0.147 e. The Balaban J connectivity index is 3.12. The molecular formula is C9H11Cl2PS. The van der Waals surface area contributed by atoms with Gasteiger partial charge in [-0.25, -0.2) is 0 Å². The lowest BCUT2D eigenvalue weighted by atomic mass is 10.1. The predicted octanol–water partition coefficient (Wildman–Crippen LogP) is 4.05. The SMILES string of the molecule is CCCc1ccccc1P(=S)(Cl)Cl. The summed E-state index contributed by atoms with van der Waals surface area (Å²) < 4.78 is -2.31. The Morgan fingerprint density at radius 3 is 2.46 bits per heavy atom. The Labute approximate surface area is 93.8 Å². The molecule has 1 rings (SSSR count). The minimum absolute atomic E-state index is 0.954. The molecule has 0 N–H and O–H groups in total. The number of hydrogen-bond acceptors (Lipinski definition) is 1. The average molecular weight is 253 g/mol. The van der Waals surface area contributed by atoms with Gasteiger partial charge in [0.25, 0.3) is 0 Å². The molecular weight excluding hydrogens is 242 g/mol. The van der Waals surface area contributed by atoms with Gasteiger partial charge in [-0.05, 0) is 12.0 Å². The fourth-order valence-corrected chi connectivity index (χ4v) is 3.55. The first-order chi connectivity index (χ1) is 6.05. The highest BCUT2D eigenvalue weighted by Crippen LogP contribution is 2.56. The highest BCUT2D eigenvalue weighted by atomic mass is 35.9. The first-order valence-electron chi connectivity index (χ1n) is 4.13. The second-order valence-electron chi connectivity index (χ2n) is 2.84. The lowest BCUT2D eigenvalue weighted by Gasteiger charge is -2.11. The Morgan fingerprint density at radius 1 is 1.31 bits per heavy atom. The van der Waals surface area contributed by atoms with Crippen molar-refractivity contribution < 1.29 is 0 Å². The molecule has 0 saturated heterocycles. The maximum absolute atomic E-state index is 5.99. The highest BCUT2D eigenvalue weighted by molar-refractivity contribution is 8.42. The van der Waals surface area contributed by atoms with Crippen LogP contribution in [0.5, 0.6) is 0 Å². The molecule has 0 fully saturated rings. The van der Waals surface area contributed by atoms with Crippen LogP contribution in [0.1, 0.15) is 18.9 Å². The molecule has 0 radical (unpaired) electrons. The lowest BCUT2D eigenvalue weighted by Crippen LogP contribution is -2.05. The monoisotopic (exact) mass is 252 g/mol. The van der Waals surface area contributed by atoms with Crippen LogP contribution < -0.4 is 5.30 Å². The van der Waals surface area contributed by atoms with Crippen LogP contribution in [0.25, 0.3) is 0 Å². The Bertz CT molecular complexity index is 332. The van der Waals surface area contributed by atoms with Gasteiger partial charge in [0.2, 0.25) is 0 Å². The molecule has 1 aromatic rings. The molecule has 0 aliphatic carbocycles. The van der Waals surface area contributed by atoms with E-state index in [9.17, 15) is 0 Å². The van der Waals surface area contributed by atoms with Gasteiger partial charge >= 0.3 is 0 Å². The first kappa shape index (κ1) is 11.5. The average Bonchev–Trinajstić information content (AvgIpc) is 2.04. The summed E-state index contributed by atoms with van der Waals surface area (Å²) in [5.74, 6) is 0. The standard InChI is InChI=1S/C9H11Cl2PS/c1-2-5-8-6-3-4-7-9(8)12(10,11)13/h3-4,6-7H,2,5H2,1H3. The second-order valence-corrected chi connectivity index (χ2v) is 10.7. The number of benzene rings is 1. The second kappa shape index (κ2) is 4.79. The summed E-state index contributed by atoms with van der Waals surface area (Å²) in [5, 5.41) is 0.954. The Kier molecular flexibility index (Phi) is 4.25. The summed E-state index contributed by atoms with van der Waals surface area (Å²) in [6.07, 6.45) is 2.08. The summed E-state index contributed by atoms with van der Waals surface area (Å²) in [4.78, 5) is 0. The zero-order valence-corrected chi connectivity index (χ0v) is 10.6. The molecule has 0 unspecified atom stereocenters. The van der Waals surface area contributed by atoms with E-state index in [1.165, 1.54) is 5.56 Å². The summed E-state index contributed by atoms with van der Waals surface area (Å²) in [7, 11) is 0. The van der Waals surface area contributed by atoms with Crippen LogP contribution in [0.3, 0.4) is 0 Å². The zero-order valence-electron chi connectivity index (χ0n) is 7.34. The molecule has 0 atom stereocenters. The molecule has 72 valence electrons. The van der Waals surface area contributed by atoms with Crippen molar-refractivity contribution in [3.63, 3.8) is 0 Å². The van der Waals surface area contributed by atoms with Gasteiger partial charge in [-0.3, -0.25) is 0 Å². The fraction of sp³-hybridized carbons (Fsp3) is 0.333. The minimum atomic E-state index is -2.31. The van der Waals surface area contributed by atoms with E-state index in [2.05, 4.69) is 6.92 Å². The van der Waals surface area contributed by atoms with Crippen LogP contribution in [-0.2, 0) is 18.2 Å². The van der Waals surface area contributed by atoms with Crippen LogP contribution >= 0.6 is 27.2 Å². The van der Waals surface area contributed by atoms with E-state index in [1.807, 2.05) is 24.3 Å². The maximum Gasteiger partial charge on any atom is 0.147 e. The molecule has 0 spiro atoms. The molecule has 1 aromatic carbocycles. The minimum Gasteiger partial charge on any atom is -0.0651 e. The molecule has 0 nitrogen and oxygen atoms in total. The number of rotatable bonds is 3. The molecule has 13 heavy (non-hydrogen) atoms.